The molecule has 1 aromatic heterocycles. The molecule has 2 heterocycles. The van der Waals surface area contributed by atoms with Crippen LogP contribution in [0.15, 0.2) is 36.7 Å². The molecule has 1 N–H and O–H groups in total. The molecule has 1 aliphatic rings. The van der Waals surface area contributed by atoms with E-state index in [9.17, 15) is 0 Å². The van der Waals surface area contributed by atoms with Gasteiger partial charge in [-0.2, -0.15) is 0 Å². The zero-order chi connectivity index (χ0) is 11.7. The second-order valence-electron chi connectivity index (χ2n) is 4.10. The van der Waals surface area contributed by atoms with E-state index in [0.717, 1.165) is 18.7 Å². The van der Waals surface area contributed by atoms with Gasteiger partial charge in [-0.3, -0.25) is 4.98 Å². The van der Waals surface area contributed by atoms with Gasteiger partial charge in [0.15, 0.2) is 0 Å². The summed E-state index contributed by atoms with van der Waals surface area (Å²) in [6, 6.07) is 8.53. The lowest BCUT2D eigenvalue weighted by Crippen LogP contribution is -2.31. The molecule has 2 aromatic rings. The van der Waals surface area contributed by atoms with E-state index < -0.39 is 0 Å². The van der Waals surface area contributed by atoms with Gasteiger partial charge in [-0.25, -0.2) is 4.98 Å². The average Bonchev–Trinajstić information content (AvgIpc) is 2.38. The van der Waals surface area contributed by atoms with E-state index in [1.165, 1.54) is 11.1 Å². The first kappa shape index (κ1) is 10.7. The Morgan fingerprint density at radius 2 is 2.12 bits per heavy atom. The standard InChI is InChI=1S/C13H12ClN3/c14-12-8-15-7-11(17-12)13-10-4-2-1-3-9(10)5-6-16-13/h1-4,7-8,13,16H,5-6H2. The Morgan fingerprint density at radius 3 is 3.00 bits per heavy atom. The molecule has 1 atom stereocenters. The molecule has 0 saturated heterocycles. The van der Waals surface area contributed by atoms with Crippen molar-refractivity contribution in [2.45, 2.75) is 12.5 Å². The Labute approximate surface area is 105 Å². The number of nitrogens with zero attached hydrogens (tertiary/aromatic N) is 2. The molecule has 0 radical (unpaired) electrons. The molecule has 1 aliphatic heterocycles. The summed E-state index contributed by atoms with van der Waals surface area (Å²) in [5.74, 6) is 0. The first-order valence-electron chi connectivity index (χ1n) is 5.63. The first-order valence-corrected chi connectivity index (χ1v) is 6.01. The van der Waals surface area contributed by atoms with Gasteiger partial charge in [-0.15, -0.1) is 0 Å². The summed E-state index contributed by atoms with van der Waals surface area (Å²) in [7, 11) is 0. The molecule has 0 spiro atoms. The third kappa shape index (κ3) is 2.04. The normalized spacial score (nSPS) is 18.8. The first-order chi connectivity index (χ1) is 8.34. The largest absolute Gasteiger partial charge is 0.305 e. The Morgan fingerprint density at radius 1 is 1.24 bits per heavy atom. The molecule has 0 amide bonds. The maximum atomic E-state index is 5.89. The van der Waals surface area contributed by atoms with Crippen molar-refractivity contribution >= 4 is 11.6 Å². The van der Waals surface area contributed by atoms with Gasteiger partial charge in [0.25, 0.3) is 0 Å². The van der Waals surface area contributed by atoms with Gasteiger partial charge < -0.3 is 5.32 Å². The van der Waals surface area contributed by atoms with Crippen LogP contribution in [0, 0.1) is 0 Å². The van der Waals surface area contributed by atoms with Crippen molar-refractivity contribution in [1.82, 2.24) is 15.3 Å². The van der Waals surface area contributed by atoms with Crippen molar-refractivity contribution in [2.24, 2.45) is 0 Å². The highest BCUT2D eigenvalue weighted by atomic mass is 35.5. The highest BCUT2D eigenvalue weighted by Gasteiger charge is 2.22. The third-order valence-electron chi connectivity index (χ3n) is 3.03. The molecule has 17 heavy (non-hydrogen) atoms. The molecular formula is C13H12ClN3. The van der Waals surface area contributed by atoms with Gasteiger partial charge in [-0.1, -0.05) is 35.9 Å². The molecule has 86 valence electrons. The molecule has 3 rings (SSSR count). The SMILES string of the molecule is Clc1cncc(C2NCCc3ccccc32)n1. The number of fused-ring (bicyclic) bond motifs is 1. The van der Waals surface area contributed by atoms with E-state index in [2.05, 4.69) is 39.6 Å². The Hall–Kier alpha value is -1.45. The molecule has 0 aliphatic carbocycles. The highest BCUT2D eigenvalue weighted by Crippen LogP contribution is 2.27. The van der Waals surface area contributed by atoms with E-state index >= 15 is 0 Å². The van der Waals surface area contributed by atoms with Crippen molar-refractivity contribution in [1.29, 1.82) is 0 Å². The Balaban J connectivity index is 2.06. The van der Waals surface area contributed by atoms with E-state index in [0.29, 0.717) is 5.15 Å². The van der Waals surface area contributed by atoms with Crippen molar-refractivity contribution in [2.75, 3.05) is 6.54 Å². The fraction of sp³-hybridized carbons (Fsp3) is 0.231. The van der Waals surface area contributed by atoms with Gasteiger partial charge in [-0.05, 0) is 17.5 Å². The highest BCUT2D eigenvalue weighted by molar-refractivity contribution is 6.29. The molecule has 0 saturated carbocycles. The number of hydrogen-bond acceptors (Lipinski definition) is 3. The number of hydrogen-bond donors (Lipinski definition) is 1. The third-order valence-corrected chi connectivity index (χ3v) is 3.21. The predicted molar refractivity (Wildman–Crippen MR) is 67.0 cm³/mol. The second-order valence-corrected chi connectivity index (χ2v) is 4.49. The van der Waals surface area contributed by atoms with Crippen LogP contribution in [0.25, 0.3) is 0 Å². The van der Waals surface area contributed by atoms with Crippen LogP contribution in [-0.2, 0) is 6.42 Å². The summed E-state index contributed by atoms with van der Waals surface area (Å²) in [5, 5.41) is 3.90. The van der Waals surface area contributed by atoms with Gasteiger partial charge in [0, 0.05) is 6.54 Å². The van der Waals surface area contributed by atoms with Gasteiger partial charge in [0.1, 0.15) is 5.15 Å². The number of rotatable bonds is 1. The lowest BCUT2D eigenvalue weighted by Gasteiger charge is -2.26. The van der Waals surface area contributed by atoms with E-state index in [4.69, 9.17) is 11.6 Å². The smallest absolute Gasteiger partial charge is 0.147 e. The second kappa shape index (κ2) is 4.43. The topological polar surface area (TPSA) is 37.8 Å². The fourth-order valence-electron chi connectivity index (χ4n) is 2.26. The lowest BCUT2D eigenvalue weighted by molar-refractivity contribution is 0.555. The summed E-state index contributed by atoms with van der Waals surface area (Å²) in [6.45, 7) is 0.954. The monoisotopic (exact) mass is 245 g/mol. The fourth-order valence-corrected chi connectivity index (χ4v) is 2.42. The molecule has 0 bridgehead atoms. The minimum atomic E-state index is 0.103. The van der Waals surface area contributed by atoms with Gasteiger partial charge in [0.05, 0.1) is 24.1 Å². The van der Waals surface area contributed by atoms with Crippen LogP contribution in [0.3, 0.4) is 0 Å². The quantitative estimate of drug-likeness (QED) is 0.838. The predicted octanol–water partition coefficient (Wildman–Crippen LogP) is 2.37. The lowest BCUT2D eigenvalue weighted by atomic mass is 9.93. The minimum Gasteiger partial charge on any atom is -0.305 e. The summed E-state index contributed by atoms with van der Waals surface area (Å²) >= 11 is 5.89. The number of benzene rings is 1. The molecular weight excluding hydrogens is 234 g/mol. The van der Waals surface area contributed by atoms with Crippen LogP contribution in [-0.4, -0.2) is 16.5 Å². The number of aromatic nitrogens is 2. The summed E-state index contributed by atoms with van der Waals surface area (Å²) in [6.07, 6.45) is 4.38. The van der Waals surface area contributed by atoms with Crippen molar-refractivity contribution in [3.63, 3.8) is 0 Å². The van der Waals surface area contributed by atoms with E-state index in [1.54, 1.807) is 12.4 Å². The van der Waals surface area contributed by atoms with Crippen molar-refractivity contribution < 1.29 is 0 Å². The Bertz CT molecular complexity index is 542. The molecule has 1 unspecified atom stereocenters. The molecule has 4 heteroatoms. The molecule has 1 aromatic carbocycles. The van der Waals surface area contributed by atoms with E-state index in [-0.39, 0.29) is 6.04 Å². The van der Waals surface area contributed by atoms with Crippen LogP contribution >= 0.6 is 11.6 Å². The van der Waals surface area contributed by atoms with Gasteiger partial charge in [0.2, 0.25) is 0 Å². The molecule has 0 fully saturated rings. The average molecular weight is 246 g/mol. The van der Waals surface area contributed by atoms with Crippen LogP contribution < -0.4 is 5.32 Å². The summed E-state index contributed by atoms with van der Waals surface area (Å²) in [5.41, 5.74) is 3.53. The Kier molecular flexibility index (Phi) is 2.79. The van der Waals surface area contributed by atoms with Gasteiger partial charge >= 0.3 is 0 Å². The van der Waals surface area contributed by atoms with Crippen molar-refractivity contribution in [3.8, 4) is 0 Å². The van der Waals surface area contributed by atoms with Crippen LogP contribution in [0.4, 0.5) is 0 Å². The maximum Gasteiger partial charge on any atom is 0.147 e. The minimum absolute atomic E-state index is 0.103. The number of nitrogens with one attached hydrogen (secondary N) is 1. The van der Waals surface area contributed by atoms with Crippen LogP contribution in [0.5, 0.6) is 0 Å². The maximum absolute atomic E-state index is 5.89. The van der Waals surface area contributed by atoms with Crippen molar-refractivity contribution in [3.05, 3.63) is 58.6 Å². The zero-order valence-electron chi connectivity index (χ0n) is 9.23. The van der Waals surface area contributed by atoms with Crippen LogP contribution in [0.1, 0.15) is 22.9 Å². The van der Waals surface area contributed by atoms with E-state index in [1.807, 2.05) is 0 Å². The van der Waals surface area contributed by atoms with Crippen LogP contribution in [0.2, 0.25) is 5.15 Å². The zero-order valence-corrected chi connectivity index (χ0v) is 9.98. The number of halogens is 1. The summed E-state index contributed by atoms with van der Waals surface area (Å²) < 4.78 is 0. The molecule has 3 nitrogen and oxygen atoms in total. The summed E-state index contributed by atoms with van der Waals surface area (Å²) in [4.78, 5) is 8.43.